The average Bonchev–Trinajstić information content (AvgIpc) is 3.23. The van der Waals surface area contributed by atoms with Crippen molar-refractivity contribution in [2.75, 3.05) is 13.2 Å². The Morgan fingerprint density at radius 2 is 2.14 bits per heavy atom. The summed E-state index contributed by atoms with van der Waals surface area (Å²) in [6.07, 6.45) is 3.86. The second-order valence-corrected chi connectivity index (χ2v) is 5.18. The second kappa shape index (κ2) is 7.09. The van der Waals surface area contributed by atoms with Gasteiger partial charge in [-0.05, 0) is 12.8 Å². The standard InChI is InChI=1S/C16H19N3O3/c20-16(18-9-13-7-4-8-21-13)19-11-15-17-10-14(22-15)12-5-2-1-3-6-12/h1-3,5-6,10,13H,4,7-9,11H2,(H2,18,19,20)/t13-/m1/s1. The van der Waals surface area contributed by atoms with Gasteiger partial charge in [-0.3, -0.25) is 0 Å². The molecular weight excluding hydrogens is 282 g/mol. The van der Waals surface area contributed by atoms with E-state index in [1.807, 2.05) is 30.3 Å². The number of nitrogens with one attached hydrogen (secondary N) is 2. The van der Waals surface area contributed by atoms with Crippen LogP contribution in [0, 0.1) is 0 Å². The third kappa shape index (κ3) is 3.85. The van der Waals surface area contributed by atoms with Crippen LogP contribution in [0.1, 0.15) is 18.7 Å². The minimum Gasteiger partial charge on any atom is -0.439 e. The van der Waals surface area contributed by atoms with Crippen LogP contribution in [0.5, 0.6) is 0 Å². The molecule has 0 bridgehead atoms. The summed E-state index contributed by atoms with van der Waals surface area (Å²) in [4.78, 5) is 15.9. The number of carbonyl (C=O) groups is 1. The monoisotopic (exact) mass is 301 g/mol. The molecule has 0 radical (unpaired) electrons. The van der Waals surface area contributed by atoms with Gasteiger partial charge in [0, 0.05) is 18.7 Å². The first-order valence-electron chi connectivity index (χ1n) is 7.45. The number of nitrogens with zero attached hydrogens (tertiary/aromatic N) is 1. The fourth-order valence-electron chi connectivity index (χ4n) is 2.36. The number of aromatic nitrogens is 1. The molecule has 1 aliphatic rings. The lowest BCUT2D eigenvalue weighted by Gasteiger charge is -2.10. The average molecular weight is 301 g/mol. The Kier molecular flexibility index (Phi) is 4.70. The third-order valence-corrected chi connectivity index (χ3v) is 3.53. The molecule has 116 valence electrons. The van der Waals surface area contributed by atoms with Gasteiger partial charge < -0.3 is 19.8 Å². The summed E-state index contributed by atoms with van der Waals surface area (Å²) < 4.78 is 11.1. The summed E-state index contributed by atoms with van der Waals surface area (Å²) in [6.45, 7) is 1.57. The van der Waals surface area contributed by atoms with Gasteiger partial charge in [0.1, 0.15) is 0 Å². The highest BCUT2D eigenvalue weighted by molar-refractivity contribution is 5.73. The first kappa shape index (κ1) is 14.6. The lowest BCUT2D eigenvalue weighted by Crippen LogP contribution is -2.39. The van der Waals surface area contributed by atoms with E-state index < -0.39 is 0 Å². The number of oxazole rings is 1. The maximum absolute atomic E-state index is 11.7. The molecule has 2 heterocycles. The number of hydrogen-bond donors (Lipinski definition) is 2. The second-order valence-electron chi connectivity index (χ2n) is 5.18. The van der Waals surface area contributed by atoms with Crippen molar-refractivity contribution in [2.45, 2.75) is 25.5 Å². The van der Waals surface area contributed by atoms with E-state index in [2.05, 4.69) is 15.6 Å². The lowest BCUT2D eigenvalue weighted by molar-refractivity contribution is 0.111. The van der Waals surface area contributed by atoms with Gasteiger partial charge in [-0.2, -0.15) is 0 Å². The molecule has 2 N–H and O–H groups in total. The van der Waals surface area contributed by atoms with E-state index in [1.165, 1.54) is 0 Å². The predicted octanol–water partition coefficient (Wildman–Crippen LogP) is 2.32. The van der Waals surface area contributed by atoms with Gasteiger partial charge in [0.2, 0.25) is 5.89 Å². The van der Waals surface area contributed by atoms with E-state index in [4.69, 9.17) is 9.15 Å². The Morgan fingerprint density at radius 3 is 2.91 bits per heavy atom. The lowest BCUT2D eigenvalue weighted by atomic mass is 10.2. The van der Waals surface area contributed by atoms with E-state index in [1.54, 1.807) is 6.20 Å². The van der Waals surface area contributed by atoms with Crippen molar-refractivity contribution < 1.29 is 13.9 Å². The zero-order valence-electron chi connectivity index (χ0n) is 12.2. The summed E-state index contributed by atoms with van der Waals surface area (Å²) in [5.41, 5.74) is 0.962. The molecule has 1 fully saturated rings. The van der Waals surface area contributed by atoms with Gasteiger partial charge >= 0.3 is 6.03 Å². The SMILES string of the molecule is O=C(NCc1ncc(-c2ccccc2)o1)NC[C@H]1CCCO1. The molecule has 1 atom stereocenters. The first-order chi connectivity index (χ1) is 10.8. The van der Waals surface area contributed by atoms with Gasteiger partial charge in [0.05, 0.1) is 18.8 Å². The zero-order valence-corrected chi connectivity index (χ0v) is 12.2. The Morgan fingerprint density at radius 1 is 1.27 bits per heavy atom. The predicted molar refractivity (Wildman–Crippen MR) is 81.2 cm³/mol. The van der Waals surface area contributed by atoms with E-state index in [9.17, 15) is 4.79 Å². The summed E-state index contributed by atoms with van der Waals surface area (Å²) in [5, 5.41) is 5.51. The van der Waals surface area contributed by atoms with Crippen LogP contribution in [0.25, 0.3) is 11.3 Å². The summed E-state index contributed by atoms with van der Waals surface area (Å²) in [7, 11) is 0. The topological polar surface area (TPSA) is 76.4 Å². The number of benzene rings is 1. The van der Waals surface area contributed by atoms with Crippen LogP contribution in [0.4, 0.5) is 4.79 Å². The van der Waals surface area contributed by atoms with E-state index in [-0.39, 0.29) is 18.7 Å². The Hall–Kier alpha value is -2.34. The molecule has 1 aromatic carbocycles. The van der Waals surface area contributed by atoms with E-state index in [0.717, 1.165) is 25.0 Å². The highest BCUT2D eigenvalue weighted by Gasteiger charge is 2.16. The quantitative estimate of drug-likeness (QED) is 0.888. The summed E-state index contributed by atoms with van der Waals surface area (Å²) in [6, 6.07) is 9.48. The van der Waals surface area contributed by atoms with Gasteiger partial charge in [0.15, 0.2) is 5.76 Å². The van der Waals surface area contributed by atoms with Crippen LogP contribution in [0.3, 0.4) is 0 Å². The molecule has 0 spiro atoms. The van der Waals surface area contributed by atoms with Crippen LogP contribution < -0.4 is 10.6 Å². The number of hydrogen-bond acceptors (Lipinski definition) is 4. The highest BCUT2D eigenvalue weighted by atomic mass is 16.5. The van der Waals surface area contributed by atoms with Crippen molar-refractivity contribution in [1.82, 2.24) is 15.6 Å². The minimum atomic E-state index is -0.241. The number of carbonyl (C=O) groups excluding carboxylic acids is 1. The van der Waals surface area contributed by atoms with Gasteiger partial charge in [-0.25, -0.2) is 9.78 Å². The van der Waals surface area contributed by atoms with Crippen LogP contribution in [0.15, 0.2) is 40.9 Å². The molecular formula is C16H19N3O3. The normalized spacial score (nSPS) is 17.4. The highest BCUT2D eigenvalue weighted by Crippen LogP contribution is 2.19. The molecule has 22 heavy (non-hydrogen) atoms. The van der Waals surface area contributed by atoms with Crippen LogP contribution in [-0.2, 0) is 11.3 Å². The fourth-order valence-corrected chi connectivity index (χ4v) is 2.36. The maximum atomic E-state index is 11.7. The maximum Gasteiger partial charge on any atom is 0.315 e. The van der Waals surface area contributed by atoms with Crippen molar-refractivity contribution >= 4 is 6.03 Å². The van der Waals surface area contributed by atoms with Crippen molar-refractivity contribution in [3.63, 3.8) is 0 Å². The largest absolute Gasteiger partial charge is 0.439 e. The molecule has 6 nitrogen and oxygen atoms in total. The van der Waals surface area contributed by atoms with Crippen molar-refractivity contribution in [3.8, 4) is 11.3 Å². The van der Waals surface area contributed by atoms with Crippen molar-refractivity contribution in [1.29, 1.82) is 0 Å². The summed E-state index contributed by atoms with van der Waals surface area (Å²) in [5.74, 6) is 1.17. The van der Waals surface area contributed by atoms with Crippen molar-refractivity contribution in [2.24, 2.45) is 0 Å². The Bertz CT molecular complexity index is 606. The summed E-state index contributed by atoms with van der Waals surface area (Å²) >= 11 is 0. The molecule has 2 amide bonds. The zero-order chi connectivity index (χ0) is 15.2. The Balaban J connectivity index is 1.45. The van der Waals surface area contributed by atoms with Gasteiger partial charge in [-0.15, -0.1) is 0 Å². The van der Waals surface area contributed by atoms with E-state index >= 15 is 0 Å². The first-order valence-corrected chi connectivity index (χ1v) is 7.45. The molecule has 0 saturated carbocycles. The fraction of sp³-hybridized carbons (Fsp3) is 0.375. The third-order valence-electron chi connectivity index (χ3n) is 3.53. The minimum absolute atomic E-state index is 0.136. The number of rotatable bonds is 5. The Labute approximate surface area is 128 Å². The smallest absolute Gasteiger partial charge is 0.315 e. The van der Waals surface area contributed by atoms with Crippen LogP contribution >= 0.6 is 0 Å². The van der Waals surface area contributed by atoms with E-state index in [0.29, 0.717) is 18.2 Å². The molecule has 1 saturated heterocycles. The van der Waals surface area contributed by atoms with Crippen LogP contribution in [0.2, 0.25) is 0 Å². The van der Waals surface area contributed by atoms with Gasteiger partial charge in [-0.1, -0.05) is 30.3 Å². The van der Waals surface area contributed by atoms with Gasteiger partial charge in [0.25, 0.3) is 0 Å². The molecule has 1 aromatic heterocycles. The van der Waals surface area contributed by atoms with Crippen molar-refractivity contribution in [3.05, 3.63) is 42.4 Å². The number of ether oxygens (including phenoxy) is 1. The molecule has 0 aliphatic carbocycles. The molecule has 3 rings (SSSR count). The number of amides is 2. The molecule has 1 aliphatic heterocycles. The van der Waals surface area contributed by atoms with Crippen LogP contribution in [-0.4, -0.2) is 30.3 Å². The molecule has 6 heteroatoms. The molecule has 2 aromatic rings. The molecule has 0 unspecified atom stereocenters. The number of urea groups is 1.